The van der Waals surface area contributed by atoms with Gasteiger partial charge in [-0.1, -0.05) is 54.4 Å². The van der Waals surface area contributed by atoms with E-state index in [0.29, 0.717) is 22.9 Å². The Balaban J connectivity index is 3.42. The van der Waals surface area contributed by atoms with Gasteiger partial charge < -0.3 is 10.6 Å². The van der Waals surface area contributed by atoms with E-state index in [1.54, 1.807) is 0 Å². The van der Waals surface area contributed by atoms with E-state index in [0.717, 1.165) is 13.1 Å². The highest BCUT2D eigenvalue weighted by molar-refractivity contribution is 4.76. The van der Waals surface area contributed by atoms with Crippen molar-refractivity contribution in [1.29, 1.82) is 0 Å². The molecule has 0 radical (unpaired) electrons. The van der Waals surface area contributed by atoms with Gasteiger partial charge in [0.2, 0.25) is 0 Å². The summed E-state index contributed by atoms with van der Waals surface area (Å²) in [6.07, 6.45) is 5.29. The Morgan fingerprint density at radius 3 is 1.15 bits per heavy atom. The molecule has 0 aromatic carbocycles. The molecule has 0 saturated heterocycles. The van der Waals surface area contributed by atoms with Crippen LogP contribution in [0.3, 0.4) is 0 Å². The lowest BCUT2D eigenvalue weighted by Crippen LogP contribution is -2.38. The van der Waals surface area contributed by atoms with Crippen LogP contribution in [-0.4, -0.2) is 25.2 Å². The van der Waals surface area contributed by atoms with Gasteiger partial charge in [0.25, 0.3) is 0 Å². The van der Waals surface area contributed by atoms with Crippen LogP contribution in [0, 0.1) is 10.8 Å². The molecule has 2 heteroatoms. The minimum absolute atomic E-state index is 0.368. The molecular weight excluding hydrogens is 244 g/mol. The Labute approximate surface area is 128 Å². The van der Waals surface area contributed by atoms with Crippen LogP contribution >= 0.6 is 0 Å². The first-order valence-corrected chi connectivity index (χ1v) is 8.52. The molecule has 0 aliphatic carbocycles. The van der Waals surface area contributed by atoms with Gasteiger partial charge in [-0.15, -0.1) is 0 Å². The number of hydrogen-bond acceptors (Lipinski definition) is 2. The largest absolute Gasteiger partial charge is 0.314 e. The topological polar surface area (TPSA) is 24.1 Å². The lowest BCUT2D eigenvalue weighted by atomic mass is 9.88. The molecule has 2 nitrogen and oxygen atoms in total. The van der Waals surface area contributed by atoms with Crippen LogP contribution in [0.4, 0.5) is 0 Å². The second kappa shape index (κ2) is 9.04. The van der Waals surface area contributed by atoms with Crippen LogP contribution in [0.5, 0.6) is 0 Å². The minimum Gasteiger partial charge on any atom is -0.314 e. The molecule has 2 unspecified atom stereocenters. The minimum atomic E-state index is 0.368. The summed E-state index contributed by atoms with van der Waals surface area (Å²) < 4.78 is 0. The first kappa shape index (κ1) is 19.9. The Morgan fingerprint density at radius 1 is 0.600 bits per heavy atom. The molecule has 0 fully saturated rings. The second-order valence-corrected chi connectivity index (χ2v) is 8.50. The molecule has 0 rings (SSSR count). The van der Waals surface area contributed by atoms with E-state index in [4.69, 9.17) is 0 Å². The predicted octanol–water partition coefficient (Wildman–Crippen LogP) is 4.60. The molecular formula is C18H40N2. The van der Waals surface area contributed by atoms with Gasteiger partial charge in [-0.3, -0.25) is 0 Å². The van der Waals surface area contributed by atoms with E-state index in [1.165, 1.54) is 25.7 Å². The molecule has 0 amide bonds. The van der Waals surface area contributed by atoms with Crippen molar-refractivity contribution in [2.45, 2.75) is 93.2 Å². The normalized spacial score (nSPS) is 16.2. The smallest absolute Gasteiger partial charge is 0.00872 e. The average molecular weight is 285 g/mol. The van der Waals surface area contributed by atoms with Crippen molar-refractivity contribution in [2.24, 2.45) is 10.8 Å². The van der Waals surface area contributed by atoms with Crippen LogP contribution in [0.1, 0.15) is 81.1 Å². The van der Waals surface area contributed by atoms with E-state index in [1.807, 2.05) is 0 Å². The lowest BCUT2D eigenvalue weighted by molar-refractivity contribution is 0.282. The molecule has 2 atom stereocenters. The summed E-state index contributed by atoms with van der Waals surface area (Å²) in [6.45, 7) is 20.7. The fourth-order valence-corrected chi connectivity index (χ4v) is 1.85. The third-order valence-corrected chi connectivity index (χ3v) is 4.60. The van der Waals surface area contributed by atoms with Gasteiger partial charge in [-0.2, -0.15) is 0 Å². The second-order valence-electron chi connectivity index (χ2n) is 8.50. The summed E-state index contributed by atoms with van der Waals surface area (Å²) in [7, 11) is 0. The summed E-state index contributed by atoms with van der Waals surface area (Å²) in [5, 5.41) is 7.27. The molecule has 0 aliphatic rings. The Morgan fingerprint density at radius 2 is 0.900 bits per heavy atom. The molecule has 0 saturated carbocycles. The van der Waals surface area contributed by atoms with E-state index >= 15 is 0 Å². The van der Waals surface area contributed by atoms with Gasteiger partial charge in [0.1, 0.15) is 0 Å². The van der Waals surface area contributed by atoms with Crippen LogP contribution in [0.15, 0.2) is 0 Å². The van der Waals surface area contributed by atoms with E-state index < -0.39 is 0 Å². The summed E-state index contributed by atoms with van der Waals surface area (Å²) in [5.74, 6) is 0. The third kappa shape index (κ3) is 9.77. The fourth-order valence-electron chi connectivity index (χ4n) is 1.85. The molecule has 0 aromatic rings. The maximum absolute atomic E-state index is 3.64. The van der Waals surface area contributed by atoms with E-state index in [2.05, 4.69) is 66.0 Å². The van der Waals surface area contributed by atoms with Crippen molar-refractivity contribution >= 4 is 0 Å². The summed E-state index contributed by atoms with van der Waals surface area (Å²) >= 11 is 0. The highest BCUT2D eigenvalue weighted by Crippen LogP contribution is 2.19. The van der Waals surface area contributed by atoms with Crippen molar-refractivity contribution < 1.29 is 0 Å². The molecule has 20 heavy (non-hydrogen) atoms. The Bertz CT molecular complexity index is 209. The third-order valence-electron chi connectivity index (χ3n) is 4.60. The van der Waals surface area contributed by atoms with Gasteiger partial charge in [0.15, 0.2) is 0 Å². The van der Waals surface area contributed by atoms with Crippen LogP contribution in [0.25, 0.3) is 0 Å². The van der Waals surface area contributed by atoms with Crippen molar-refractivity contribution in [2.75, 3.05) is 13.1 Å². The molecule has 122 valence electrons. The summed E-state index contributed by atoms with van der Waals surface area (Å²) in [5.41, 5.74) is 0.736. The molecule has 0 spiro atoms. The monoisotopic (exact) mass is 284 g/mol. The zero-order valence-corrected chi connectivity index (χ0v) is 15.4. The fraction of sp³-hybridized carbons (Fsp3) is 1.00. The van der Waals surface area contributed by atoms with Crippen molar-refractivity contribution in [3.05, 3.63) is 0 Å². The first-order valence-electron chi connectivity index (χ1n) is 8.52. The predicted molar refractivity (Wildman–Crippen MR) is 92.3 cm³/mol. The number of rotatable bonds is 9. The van der Waals surface area contributed by atoms with Crippen molar-refractivity contribution in [1.82, 2.24) is 10.6 Å². The highest BCUT2D eigenvalue weighted by atomic mass is 14.9. The van der Waals surface area contributed by atoms with Gasteiger partial charge in [-0.25, -0.2) is 0 Å². The Hall–Kier alpha value is -0.0800. The molecule has 0 bridgehead atoms. The van der Waals surface area contributed by atoms with Gasteiger partial charge in [-0.05, 0) is 50.6 Å². The number of nitrogens with one attached hydrogen (secondary N) is 2. The lowest BCUT2D eigenvalue weighted by Gasteiger charge is -2.28. The van der Waals surface area contributed by atoms with Gasteiger partial charge in [0, 0.05) is 12.1 Å². The summed E-state index contributed by atoms with van der Waals surface area (Å²) in [4.78, 5) is 0. The SMILES string of the molecule is CC(NCCCCCCNC(C)C(C)(C)C)C(C)(C)C. The first-order chi connectivity index (χ1) is 9.05. The zero-order chi connectivity index (χ0) is 15.8. The average Bonchev–Trinajstić information content (AvgIpc) is 2.29. The Kier molecular flexibility index (Phi) is 9.01. The maximum atomic E-state index is 3.64. The van der Waals surface area contributed by atoms with E-state index in [9.17, 15) is 0 Å². The maximum Gasteiger partial charge on any atom is 0.00872 e. The van der Waals surface area contributed by atoms with Crippen molar-refractivity contribution in [3.8, 4) is 0 Å². The molecule has 2 N–H and O–H groups in total. The zero-order valence-electron chi connectivity index (χ0n) is 15.4. The van der Waals surface area contributed by atoms with Crippen LogP contribution in [-0.2, 0) is 0 Å². The number of unbranched alkanes of at least 4 members (excludes halogenated alkanes) is 3. The number of hydrogen-bond donors (Lipinski definition) is 2. The van der Waals surface area contributed by atoms with E-state index in [-0.39, 0.29) is 0 Å². The van der Waals surface area contributed by atoms with Crippen LogP contribution in [0.2, 0.25) is 0 Å². The molecule has 0 aromatic heterocycles. The van der Waals surface area contributed by atoms with Gasteiger partial charge in [0.05, 0.1) is 0 Å². The van der Waals surface area contributed by atoms with Gasteiger partial charge >= 0.3 is 0 Å². The molecule has 0 aliphatic heterocycles. The van der Waals surface area contributed by atoms with Crippen LogP contribution < -0.4 is 10.6 Å². The van der Waals surface area contributed by atoms with Crippen molar-refractivity contribution in [3.63, 3.8) is 0 Å². The quantitative estimate of drug-likeness (QED) is 0.605. The molecule has 0 heterocycles. The highest BCUT2D eigenvalue weighted by Gasteiger charge is 2.19. The standard InChI is InChI=1S/C18H40N2/c1-15(17(3,4)5)19-13-11-9-10-12-14-20-16(2)18(6,7)8/h15-16,19-20H,9-14H2,1-8H3. The summed E-state index contributed by atoms with van der Waals surface area (Å²) in [6, 6.07) is 1.19.